The Labute approximate surface area is 130 Å². The van der Waals surface area contributed by atoms with Crippen LogP contribution in [0.5, 0.6) is 0 Å². The molecular formula is C16H23ClF2N2. The number of nitrogens with one attached hydrogen (secondary N) is 1. The van der Waals surface area contributed by atoms with E-state index in [1.807, 2.05) is 4.90 Å². The summed E-state index contributed by atoms with van der Waals surface area (Å²) in [6, 6.07) is 2.66. The summed E-state index contributed by atoms with van der Waals surface area (Å²) in [4.78, 5) is 1.96. The molecule has 1 aliphatic heterocycles. The molecule has 0 aliphatic carbocycles. The third-order valence-corrected chi connectivity index (χ3v) is 4.78. The SMILES string of the molecule is CCCNC1CCN(c2c(F)cc(F)cc2Cl)C(C)C1C. The van der Waals surface area contributed by atoms with Crippen LogP contribution in [0.15, 0.2) is 12.1 Å². The van der Waals surface area contributed by atoms with E-state index in [9.17, 15) is 8.78 Å². The van der Waals surface area contributed by atoms with Crippen LogP contribution in [-0.2, 0) is 0 Å². The Kier molecular flexibility index (Phi) is 5.44. The fourth-order valence-electron chi connectivity index (χ4n) is 3.11. The first-order valence-electron chi connectivity index (χ1n) is 7.60. The molecule has 1 N–H and O–H groups in total. The fourth-order valence-corrected chi connectivity index (χ4v) is 3.41. The van der Waals surface area contributed by atoms with Gasteiger partial charge in [-0.25, -0.2) is 8.78 Å². The third-order valence-electron chi connectivity index (χ3n) is 4.49. The molecule has 118 valence electrons. The monoisotopic (exact) mass is 316 g/mol. The first-order chi connectivity index (χ1) is 9.95. The molecule has 1 fully saturated rings. The van der Waals surface area contributed by atoms with E-state index < -0.39 is 11.6 Å². The highest BCUT2D eigenvalue weighted by Crippen LogP contribution is 2.36. The van der Waals surface area contributed by atoms with Crippen LogP contribution in [0.3, 0.4) is 0 Å². The van der Waals surface area contributed by atoms with Gasteiger partial charge in [0.25, 0.3) is 0 Å². The Morgan fingerprint density at radius 1 is 1.33 bits per heavy atom. The highest BCUT2D eigenvalue weighted by Gasteiger charge is 2.34. The van der Waals surface area contributed by atoms with Crippen molar-refractivity contribution in [3.63, 3.8) is 0 Å². The lowest BCUT2D eigenvalue weighted by atomic mass is 9.86. The topological polar surface area (TPSA) is 15.3 Å². The van der Waals surface area contributed by atoms with E-state index in [4.69, 9.17) is 11.6 Å². The normalized spacial score (nSPS) is 26.2. The van der Waals surface area contributed by atoms with Gasteiger partial charge in [-0.15, -0.1) is 0 Å². The van der Waals surface area contributed by atoms with Crippen LogP contribution >= 0.6 is 11.6 Å². The Morgan fingerprint density at radius 3 is 2.67 bits per heavy atom. The molecule has 21 heavy (non-hydrogen) atoms. The summed E-state index contributed by atoms with van der Waals surface area (Å²) in [5, 5.41) is 3.69. The van der Waals surface area contributed by atoms with Crippen LogP contribution in [0.25, 0.3) is 0 Å². The molecule has 0 radical (unpaired) electrons. The van der Waals surface area contributed by atoms with Crippen LogP contribution in [-0.4, -0.2) is 25.2 Å². The van der Waals surface area contributed by atoms with Gasteiger partial charge in [0.2, 0.25) is 0 Å². The van der Waals surface area contributed by atoms with Crippen molar-refractivity contribution in [1.29, 1.82) is 0 Å². The van der Waals surface area contributed by atoms with Crippen molar-refractivity contribution in [2.75, 3.05) is 18.0 Å². The van der Waals surface area contributed by atoms with Gasteiger partial charge < -0.3 is 10.2 Å². The lowest BCUT2D eigenvalue weighted by Gasteiger charge is -2.44. The summed E-state index contributed by atoms with van der Waals surface area (Å²) in [5.74, 6) is -0.855. The first-order valence-corrected chi connectivity index (χ1v) is 7.98. The maximum absolute atomic E-state index is 14.1. The summed E-state index contributed by atoms with van der Waals surface area (Å²) in [6.45, 7) is 8.09. The molecule has 5 heteroatoms. The standard InChI is InChI=1S/C16H23ClF2N2/c1-4-6-20-15-5-7-21(11(3)10(15)2)16-13(17)8-12(18)9-14(16)19/h8-11,15,20H,4-7H2,1-3H3. The van der Waals surface area contributed by atoms with E-state index in [1.54, 1.807) is 0 Å². The van der Waals surface area contributed by atoms with E-state index >= 15 is 0 Å². The van der Waals surface area contributed by atoms with Crippen molar-refractivity contribution in [2.24, 2.45) is 5.92 Å². The summed E-state index contributed by atoms with van der Waals surface area (Å²) in [5.41, 5.74) is 0.325. The average Bonchev–Trinajstić information content (AvgIpc) is 2.41. The van der Waals surface area contributed by atoms with Crippen LogP contribution in [0.1, 0.15) is 33.6 Å². The molecule has 1 aromatic rings. The second-order valence-corrected chi connectivity index (χ2v) is 6.27. The highest BCUT2D eigenvalue weighted by atomic mass is 35.5. The van der Waals surface area contributed by atoms with E-state index in [1.165, 1.54) is 6.07 Å². The van der Waals surface area contributed by atoms with Crippen LogP contribution in [0.2, 0.25) is 5.02 Å². The summed E-state index contributed by atoms with van der Waals surface area (Å²) in [6.07, 6.45) is 2.03. The molecule has 0 saturated carbocycles. The summed E-state index contributed by atoms with van der Waals surface area (Å²) in [7, 11) is 0. The van der Waals surface area contributed by atoms with Gasteiger partial charge in [0.1, 0.15) is 5.82 Å². The van der Waals surface area contributed by atoms with Crippen molar-refractivity contribution in [3.8, 4) is 0 Å². The molecule has 3 unspecified atom stereocenters. The molecule has 3 atom stereocenters. The van der Waals surface area contributed by atoms with Crippen molar-refractivity contribution in [3.05, 3.63) is 28.8 Å². The van der Waals surface area contributed by atoms with Gasteiger partial charge in [-0.2, -0.15) is 0 Å². The molecule has 0 spiro atoms. The maximum Gasteiger partial charge on any atom is 0.150 e. The number of benzene rings is 1. The van der Waals surface area contributed by atoms with Crippen molar-refractivity contribution < 1.29 is 8.78 Å². The predicted molar refractivity (Wildman–Crippen MR) is 84.0 cm³/mol. The zero-order valence-electron chi connectivity index (χ0n) is 12.8. The van der Waals surface area contributed by atoms with Gasteiger partial charge in [-0.1, -0.05) is 25.4 Å². The van der Waals surface area contributed by atoms with Crippen LogP contribution in [0.4, 0.5) is 14.5 Å². The quantitative estimate of drug-likeness (QED) is 0.894. The highest BCUT2D eigenvalue weighted by molar-refractivity contribution is 6.33. The zero-order valence-corrected chi connectivity index (χ0v) is 13.6. The Hall–Kier alpha value is -0.870. The van der Waals surface area contributed by atoms with Gasteiger partial charge in [0, 0.05) is 24.7 Å². The largest absolute Gasteiger partial charge is 0.365 e. The van der Waals surface area contributed by atoms with E-state index in [-0.39, 0.29) is 11.1 Å². The van der Waals surface area contributed by atoms with Gasteiger partial charge in [0.15, 0.2) is 5.82 Å². The first kappa shape index (κ1) is 16.5. The van der Waals surface area contributed by atoms with Crippen molar-refractivity contribution >= 4 is 17.3 Å². The van der Waals surface area contributed by atoms with Gasteiger partial charge >= 0.3 is 0 Å². The third kappa shape index (κ3) is 3.49. The molecule has 1 heterocycles. The molecule has 1 saturated heterocycles. The molecule has 2 rings (SSSR count). The minimum Gasteiger partial charge on any atom is -0.365 e. The maximum atomic E-state index is 14.1. The molecule has 0 bridgehead atoms. The number of rotatable bonds is 4. The summed E-state index contributed by atoms with van der Waals surface area (Å²) < 4.78 is 27.3. The number of hydrogen-bond donors (Lipinski definition) is 1. The fraction of sp³-hybridized carbons (Fsp3) is 0.625. The molecule has 1 aliphatic rings. The van der Waals surface area contributed by atoms with Crippen LogP contribution in [0, 0.1) is 17.6 Å². The average molecular weight is 317 g/mol. The molecule has 0 aromatic heterocycles. The Morgan fingerprint density at radius 2 is 2.05 bits per heavy atom. The minimum absolute atomic E-state index is 0.144. The van der Waals surface area contributed by atoms with Gasteiger partial charge in [0.05, 0.1) is 10.7 Å². The summed E-state index contributed by atoms with van der Waals surface area (Å²) >= 11 is 6.06. The smallest absolute Gasteiger partial charge is 0.150 e. The number of hydrogen-bond acceptors (Lipinski definition) is 2. The molecular weight excluding hydrogens is 294 g/mol. The second kappa shape index (κ2) is 6.93. The Balaban J connectivity index is 2.20. The minimum atomic E-state index is -0.638. The molecule has 1 aromatic carbocycles. The number of piperidine rings is 1. The van der Waals surface area contributed by atoms with Crippen molar-refractivity contribution in [2.45, 2.75) is 45.7 Å². The number of nitrogens with zero attached hydrogens (tertiary/aromatic N) is 1. The van der Waals surface area contributed by atoms with E-state index in [0.29, 0.717) is 17.6 Å². The van der Waals surface area contributed by atoms with E-state index in [2.05, 4.69) is 26.1 Å². The second-order valence-electron chi connectivity index (χ2n) is 5.86. The van der Waals surface area contributed by atoms with Crippen LogP contribution < -0.4 is 10.2 Å². The van der Waals surface area contributed by atoms with E-state index in [0.717, 1.165) is 32.0 Å². The predicted octanol–water partition coefficient (Wildman–Crippen LogP) is 4.22. The Bertz CT molecular complexity index is 472. The molecule has 2 nitrogen and oxygen atoms in total. The lowest BCUT2D eigenvalue weighted by molar-refractivity contribution is 0.270. The number of halogens is 3. The molecule has 0 amide bonds. The van der Waals surface area contributed by atoms with Crippen molar-refractivity contribution in [1.82, 2.24) is 5.32 Å². The zero-order chi connectivity index (χ0) is 15.6. The van der Waals surface area contributed by atoms with Gasteiger partial charge in [-0.05, 0) is 38.3 Å². The lowest BCUT2D eigenvalue weighted by Crippen LogP contribution is -2.54. The van der Waals surface area contributed by atoms with Gasteiger partial charge in [-0.3, -0.25) is 0 Å². The number of anilines is 1.